The minimum atomic E-state index is -0.384. The molecule has 31 heavy (non-hydrogen) atoms. The fraction of sp³-hybridized carbons (Fsp3) is 0.308. The third-order valence-electron chi connectivity index (χ3n) is 5.79. The maximum absolute atomic E-state index is 12.8. The lowest BCUT2D eigenvalue weighted by molar-refractivity contribution is -0.129. The molecule has 1 amide bonds. The summed E-state index contributed by atoms with van der Waals surface area (Å²) in [6.45, 7) is 7.01. The van der Waals surface area contributed by atoms with Crippen molar-refractivity contribution in [3.8, 4) is 11.5 Å². The van der Waals surface area contributed by atoms with Gasteiger partial charge in [-0.3, -0.25) is 14.7 Å². The zero-order chi connectivity index (χ0) is 21.7. The molecule has 1 N–H and O–H groups in total. The summed E-state index contributed by atoms with van der Waals surface area (Å²) in [5.74, 6) is 1.77. The number of rotatable bonds is 7. The fourth-order valence-corrected chi connectivity index (χ4v) is 4.04. The second kappa shape index (κ2) is 9.31. The van der Waals surface area contributed by atoms with E-state index in [9.17, 15) is 4.79 Å². The number of nitrogens with zero attached hydrogens (tertiary/aromatic N) is 2. The van der Waals surface area contributed by atoms with Gasteiger partial charge in [-0.05, 0) is 74.3 Å². The van der Waals surface area contributed by atoms with Crippen LogP contribution in [0.4, 0.5) is 0 Å². The molecular weight excluding hydrogens is 386 g/mol. The predicted molar refractivity (Wildman–Crippen MR) is 122 cm³/mol. The highest BCUT2D eigenvalue weighted by atomic mass is 16.5. The van der Waals surface area contributed by atoms with Crippen molar-refractivity contribution in [2.24, 2.45) is 5.41 Å². The first-order valence-electron chi connectivity index (χ1n) is 10.7. The molecule has 0 aliphatic carbocycles. The maximum atomic E-state index is 12.8. The highest BCUT2D eigenvalue weighted by Gasteiger charge is 2.40. The molecule has 0 radical (unpaired) electrons. The number of hydrogen-bond donors (Lipinski definition) is 1. The molecule has 2 heterocycles. The first kappa shape index (κ1) is 21.1. The smallest absolute Gasteiger partial charge is 0.227 e. The van der Waals surface area contributed by atoms with E-state index in [1.807, 2.05) is 48.5 Å². The van der Waals surface area contributed by atoms with Crippen molar-refractivity contribution in [2.75, 3.05) is 13.1 Å². The van der Waals surface area contributed by atoms with Crippen molar-refractivity contribution in [3.63, 3.8) is 0 Å². The lowest BCUT2D eigenvalue weighted by Crippen LogP contribution is -2.40. The molecule has 0 bridgehead atoms. The highest BCUT2D eigenvalue weighted by molar-refractivity contribution is 5.82. The summed E-state index contributed by atoms with van der Waals surface area (Å²) in [7, 11) is 0. The summed E-state index contributed by atoms with van der Waals surface area (Å²) in [5, 5.41) is 3.06. The topological polar surface area (TPSA) is 54.5 Å². The number of likely N-dealkylation sites (tertiary alicyclic amines) is 1. The molecule has 1 unspecified atom stereocenters. The quantitative estimate of drug-likeness (QED) is 0.607. The lowest BCUT2D eigenvalue weighted by atomic mass is 9.88. The Morgan fingerprint density at radius 2 is 1.90 bits per heavy atom. The molecule has 0 saturated carbocycles. The molecule has 3 aromatic rings. The molecule has 1 aromatic heterocycles. The van der Waals surface area contributed by atoms with Crippen LogP contribution in [-0.4, -0.2) is 28.9 Å². The number of aromatic nitrogens is 1. The van der Waals surface area contributed by atoms with Crippen LogP contribution in [0.3, 0.4) is 0 Å². The third kappa shape index (κ3) is 5.50. The minimum Gasteiger partial charge on any atom is -0.457 e. The second-order valence-corrected chi connectivity index (χ2v) is 8.59. The van der Waals surface area contributed by atoms with Gasteiger partial charge in [0.15, 0.2) is 0 Å². The number of carbonyl (C=O) groups is 1. The number of hydrogen-bond acceptors (Lipinski definition) is 4. The Labute approximate surface area is 184 Å². The van der Waals surface area contributed by atoms with Crippen LogP contribution in [0.25, 0.3) is 0 Å². The van der Waals surface area contributed by atoms with Gasteiger partial charge in [-0.15, -0.1) is 0 Å². The molecule has 4 rings (SSSR count). The van der Waals surface area contributed by atoms with E-state index >= 15 is 0 Å². The van der Waals surface area contributed by atoms with Crippen LogP contribution in [0, 0.1) is 12.3 Å². The largest absolute Gasteiger partial charge is 0.457 e. The molecule has 5 heteroatoms. The highest BCUT2D eigenvalue weighted by Crippen LogP contribution is 2.32. The molecule has 1 aliphatic rings. The Balaban J connectivity index is 1.33. The van der Waals surface area contributed by atoms with Gasteiger partial charge in [0.05, 0.1) is 17.7 Å². The molecule has 160 valence electrons. The van der Waals surface area contributed by atoms with E-state index in [0.29, 0.717) is 6.54 Å². The van der Waals surface area contributed by atoms with Crippen molar-refractivity contribution in [2.45, 2.75) is 33.4 Å². The van der Waals surface area contributed by atoms with Crippen LogP contribution in [0.2, 0.25) is 0 Å². The first-order chi connectivity index (χ1) is 15.0. The van der Waals surface area contributed by atoms with Crippen molar-refractivity contribution >= 4 is 5.91 Å². The van der Waals surface area contributed by atoms with Gasteiger partial charge in [-0.2, -0.15) is 0 Å². The van der Waals surface area contributed by atoms with E-state index in [4.69, 9.17) is 4.74 Å². The van der Waals surface area contributed by atoms with Crippen LogP contribution in [-0.2, 0) is 17.9 Å². The average molecular weight is 416 g/mol. The number of benzene rings is 2. The Morgan fingerprint density at radius 1 is 1.10 bits per heavy atom. The minimum absolute atomic E-state index is 0.0946. The fourth-order valence-electron chi connectivity index (χ4n) is 4.04. The predicted octanol–water partition coefficient (Wildman–Crippen LogP) is 4.71. The first-order valence-corrected chi connectivity index (χ1v) is 10.7. The van der Waals surface area contributed by atoms with Crippen molar-refractivity contribution in [3.05, 3.63) is 89.7 Å². The summed E-state index contributed by atoms with van der Waals surface area (Å²) >= 11 is 0. The number of carbonyl (C=O) groups excluding carboxylic acids is 1. The van der Waals surface area contributed by atoms with Gasteiger partial charge in [-0.25, -0.2) is 0 Å². The van der Waals surface area contributed by atoms with Gasteiger partial charge in [0, 0.05) is 19.3 Å². The zero-order valence-electron chi connectivity index (χ0n) is 18.2. The summed E-state index contributed by atoms with van der Waals surface area (Å²) in [6.07, 6.45) is 2.60. The van der Waals surface area contributed by atoms with Gasteiger partial charge in [0.2, 0.25) is 5.91 Å². The van der Waals surface area contributed by atoms with E-state index in [-0.39, 0.29) is 11.3 Å². The average Bonchev–Trinajstić information content (AvgIpc) is 3.15. The second-order valence-electron chi connectivity index (χ2n) is 8.59. The van der Waals surface area contributed by atoms with E-state index in [0.717, 1.165) is 43.2 Å². The van der Waals surface area contributed by atoms with Crippen LogP contribution in [0.1, 0.15) is 30.2 Å². The van der Waals surface area contributed by atoms with Crippen LogP contribution >= 0.6 is 0 Å². The number of amides is 1. The Kier molecular flexibility index (Phi) is 6.33. The van der Waals surface area contributed by atoms with Crippen LogP contribution in [0.15, 0.2) is 72.9 Å². The lowest BCUT2D eigenvalue weighted by Gasteiger charge is -2.24. The van der Waals surface area contributed by atoms with E-state index in [1.54, 1.807) is 6.20 Å². The summed E-state index contributed by atoms with van der Waals surface area (Å²) in [6, 6.07) is 22.0. The van der Waals surface area contributed by atoms with Crippen molar-refractivity contribution in [1.82, 2.24) is 15.2 Å². The van der Waals surface area contributed by atoms with Crippen molar-refractivity contribution in [1.29, 1.82) is 0 Å². The number of nitrogens with one attached hydrogen (secondary N) is 1. The zero-order valence-corrected chi connectivity index (χ0v) is 18.2. The van der Waals surface area contributed by atoms with Gasteiger partial charge in [0.25, 0.3) is 0 Å². The Bertz CT molecular complexity index is 1040. The monoisotopic (exact) mass is 415 g/mol. The number of aryl methyl sites for hydroxylation is 1. The maximum Gasteiger partial charge on any atom is 0.227 e. The molecule has 1 aliphatic heterocycles. The normalized spacial score (nSPS) is 18.6. The van der Waals surface area contributed by atoms with Gasteiger partial charge in [0.1, 0.15) is 11.5 Å². The SMILES string of the molecule is Cc1cccc(Oc2cccc(CN3CCC(C)(C(=O)NCc4ccccn4)C3)c2)c1. The van der Waals surface area contributed by atoms with E-state index < -0.39 is 0 Å². The Hall–Kier alpha value is -3.18. The van der Waals surface area contributed by atoms with Crippen LogP contribution in [0.5, 0.6) is 11.5 Å². The Morgan fingerprint density at radius 3 is 2.68 bits per heavy atom. The molecule has 2 aromatic carbocycles. The van der Waals surface area contributed by atoms with Gasteiger partial charge < -0.3 is 10.1 Å². The van der Waals surface area contributed by atoms with Gasteiger partial charge >= 0.3 is 0 Å². The van der Waals surface area contributed by atoms with Gasteiger partial charge in [-0.1, -0.05) is 30.3 Å². The molecule has 1 atom stereocenters. The molecular formula is C26H29N3O2. The standard InChI is InChI=1S/C26H29N3O2/c1-20-7-5-10-23(15-20)31-24-11-6-8-21(16-24)18-29-14-12-26(2,19-29)25(30)28-17-22-9-3-4-13-27-22/h3-11,13,15-16H,12,14,17-19H2,1-2H3,(H,28,30). The molecule has 0 spiro atoms. The number of pyridine rings is 1. The number of ether oxygens (including phenoxy) is 1. The summed E-state index contributed by atoms with van der Waals surface area (Å²) in [4.78, 5) is 19.5. The van der Waals surface area contributed by atoms with Crippen LogP contribution < -0.4 is 10.1 Å². The molecule has 1 saturated heterocycles. The molecule has 5 nitrogen and oxygen atoms in total. The third-order valence-corrected chi connectivity index (χ3v) is 5.79. The summed E-state index contributed by atoms with van der Waals surface area (Å²) < 4.78 is 6.03. The van der Waals surface area contributed by atoms with E-state index in [2.05, 4.69) is 47.2 Å². The summed E-state index contributed by atoms with van der Waals surface area (Å²) in [5.41, 5.74) is 2.85. The van der Waals surface area contributed by atoms with Crippen molar-refractivity contribution < 1.29 is 9.53 Å². The van der Waals surface area contributed by atoms with E-state index in [1.165, 1.54) is 11.1 Å². The molecule has 1 fully saturated rings.